The van der Waals surface area contributed by atoms with E-state index in [9.17, 15) is 9.59 Å². The molecule has 0 unspecified atom stereocenters. The summed E-state index contributed by atoms with van der Waals surface area (Å²) < 4.78 is 5.64. The first-order chi connectivity index (χ1) is 19.0. The number of hydrogen-bond donors (Lipinski definition) is 3. The fourth-order valence-corrected chi connectivity index (χ4v) is 6.33. The molecule has 208 valence electrons. The zero-order valence-electron chi connectivity index (χ0n) is 23.0. The van der Waals surface area contributed by atoms with Crippen LogP contribution in [0, 0.1) is 5.41 Å². The molecule has 2 aliphatic carbocycles. The van der Waals surface area contributed by atoms with Crippen LogP contribution in [0.1, 0.15) is 68.1 Å². The van der Waals surface area contributed by atoms with E-state index in [1.165, 1.54) is 19.3 Å². The van der Waals surface area contributed by atoms with Crippen molar-refractivity contribution in [2.75, 3.05) is 48.9 Å². The van der Waals surface area contributed by atoms with Crippen molar-refractivity contribution in [1.82, 2.24) is 20.6 Å². The lowest BCUT2D eigenvalue weighted by Crippen LogP contribution is -2.45. The van der Waals surface area contributed by atoms with Gasteiger partial charge in [0.15, 0.2) is 5.82 Å². The number of anilines is 4. The first kappa shape index (κ1) is 25.9. The SMILES string of the molecule is COc1cc(C(=O)N[C@H]2CCCNC2)ccc1Nc1ncc2c(n1)N(C1CCCCC1)CC1(CC1)C(=O)N2C. The second-order valence-corrected chi connectivity index (χ2v) is 11.5. The number of nitrogens with one attached hydrogen (secondary N) is 3. The number of carbonyl (C=O) groups is 2. The molecule has 2 aliphatic heterocycles. The fourth-order valence-electron chi connectivity index (χ4n) is 6.33. The predicted octanol–water partition coefficient (Wildman–Crippen LogP) is 3.61. The zero-order valence-corrected chi connectivity index (χ0v) is 23.0. The molecule has 3 N–H and O–H groups in total. The molecule has 2 amide bonds. The molecule has 1 atom stereocenters. The number of amides is 2. The summed E-state index contributed by atoms with van der Waals surface area (Å²) in [6.45, 7) is 2.50. The van der Waals surface area contributed by atoms with Gasteiger partial charge in [-0.15, -0.1) is 0 Å². The van der Waals surface area contributed by atoms with Gasteiger partial charge in [-0.1, -0.05) is 19.3 Å². The maximum absolute atomic E-state index is 13.4. The van der Waals surface area contributed by atoms with Gasteiger partial charge < -0.3 is 30.5 Å². The van der Waals surface area contributed by atoms with Crippen LogP contribution in [0.25, 0.3) is 0 Å². The maximum Gasteiger partial charge on any atom is 0.251 e. The summed E-state index contributed by atoms with van der Waals surface area (Å²) in [7, 11) is 3.43. The van der Waals surface area contributed by atoms with Crippen LogP contribution in [0.3, 0.4) is 0 Å². The summed E-state index contributed by atoms with van der Waals surface area (Å²) in [5.41, 5.74) is 1.68. The summed E-state index contributed by atoms with van der Waals surface area (Å²) in [4.78, 5) is 39.9. The molecule has 0 radical (unpaired) electrons. The molecule has 1 spiro atoms. The van der Waals surface area contributed by atoms with Gasteiger partial charge in [0.2, 0.25) is 11.9 Å². The molecule has 2 saturated carbocycles. The number of aromatic nitrogens is 2. The average Bonchev–Trinajstić information content (AvgIpc) is 3.77. The van der Waals surface area contributed by atoms with E-state index in [0.717, 1.165) is 63.1 Å². The Morgan fingerprint density at radius 2 is 1.97 bits per heavy atom. The van der Waals surface area contributed by atoms with Crippen LogP contribution in [-0.2, 0) is 4.79 Å². The Labute approximate surface area is 229 Å². The lowest BCUT2D eigenvalue weighted by molar-refractivity contribution is -0.123. The smallest absolute Gasteiger partial charge is 0.251 e. The number of ether oxygens (including phenoxy) is 1. The van der Waals surface area contributed by atoms with Crippen molar-refractivity contribution in [3.8, 4) is 5.75 Å². The number of hydrogen-bond acceptors (Lipinski definition) is 8. The van der Waals surface area contributed by atoms with Gasteiger partial charge in [-0.3, -0.25) is 9.59 Å². The van der Waals surface area contributed by atoms with Gasteiger partial charge in [0, 0.05) is 37.8 Å². The minimum Gasteiger partial charge on any atom is -0.495 e. The van der Waals surface area contributed by atoms with Crippen molar-refractivity contribution in [3.05, 3.63) is 30.0 Å². The average molecular weight is 534 g/mol. The minimum absolute atomic E-state index is 0.111. The van der Waals surface area contributed by atoms with Crippen LogP contribution in [0.5, 0.6) is 5.75 Å². The number of benzene rings is 1. The third-order valence-corrected chi connectivity index (χ3v) is 8.83. The molecule has 0 bridgehead atoms. The van der Waals surface area contributed by atoms with Crippen molar-refractivity contribution in [1.29, 1.82) is 0 Å². The standard InChI is InChI=1S/C29H39N7O3/c1-35-23-17-31-28(34-25(23)36(21-8-4-3-5-9-21)18-29(12-13-29)27(35)38)33-22-11-10-19(15-24(22)39-2)26(37)32-20-7-6-14-30-16-20/h10-11,15,17,20-21,30H,3-9,12-14,16,18H2,1-2H3,(H,32,37)(H,31,33,34)/t20-/m0/s1. The molecule has 3 heterocycles. The van der Waals surface area contributed by atoms with E-state index in [1.807, 2.05) is 13.1 Å². The molecule has 1 aromatic carbocycles. The summed E-state index contributed by atoms with van der Waals surface area (Å²) in [6, 6.07) is 5.88. The normalized spacial score (nSPS) is 22.7. The van der Waals surface area contributed by atoms with E-state index < -0.39 is 0 Å². The van der Waals surface area contributed by atoms with Crippen LogP contribution in [0.4, 0.5) is 23.1 Å². The quantitative estimate of drug-likeness (QED) is 0.517. The van der Waals surface area contributed by atoms with Crippen LogP contribution in [-0.4, -0.2) is 67.7 Å². The Balaban J connectivity index is 1.26. The topological polar surface area (TPSA) is 112 Å². The largest absolute Gasteiger partial charge is 0.495 e. The van der Waals surface area contributed by atoms with E-state index in [2.05, 4.69) is 25.8 Å². The summed E-state index contributed by atoms with van der Waals surface area (Å²) in [5, 5.41) is 9.74. The van der Waals surface area contributed by atoms with Gasteiger partial charge in [-0.25, -0.2) is 4.98 Å². The van der Waals surface area contributed by atoms with E-state index in [1.54, 1.807) is 30.3 Å². The Kier molecular flexibility index (Phi) is 7.05. The second-order valence-electron chi connectivity index (χ2n) is 11.5. The molecule has 3 fully saturated rings. The maximum atomic E-state index is 13.4. The predicted molar refractivity (Wildman–Crippen MR) is 151 cm³/mol. The summed E-state index contributed by atoms with van der Waals surface area (Å²) >= 11 is 0. The van der Waals surface area contributed by atoms with Gasteiger partial charge in [0.05, 0.1) is 24.4 Å². The van der Waals surface area contributed by atoms with Crippen LogP contribution >= 0.6 is 0 Å². The number of nitrogens with zero attached hydrogens (tertiary/aromatic N) is 4. The van der Waals surface area contributed by atoms with Crippen LogP contribution < -0.4 is 30.5 Å². The van der Waals surface area contributed by atoms with Crippen molar-refractivity contribution in [3.63, 3.8) is 0 Å². The lowest BCUT2D eigenvalue weighted by Gasteiger charge is -2.36. The second kappa shape index (κ2) is 10.6. The first-order valence-electron chi connectivity index (χ1n) is 14.4. The number of methoxy groups -OCH3 is 1. The number of fused-ring (bicyclic) bond motifs is 1. The fraction of sp³-hybridized carbons (Fsp3) is 0.586. The lowest BCUT2D eigenvalue weighted by atomic mass is 9.93. The van der Waals surface area contributed by atoms with Gasteiger partial charge in [-0.05, 0) is 63.3 Å². The monoisotopic (exact) mass is 533 g/mol. The third-order valence-electron chi connectivity index (χ3n) is 8.83. The Hall–Kier alpha value is -3.40. The molecule has 10 heteroatoms. The van der Waals surface area contributed by atoms with E-state index in [-0.39, 0.29) is 23.3 Å². The van der Waals surface area contributed by atoms with Crippen molar-refractivity contribution < 1.29 is 14.3 Å². The summed E-state index contributed by atoms with van der Waals surface area (Å²) in [6.07, 6.45) is 11.6. The van der Waals surface area contributed by atoms with Crippen molar-refractivity contribution in [2.24, 2.45) is 5.41 Å². The van der Waals surface area contributed by atoms with Crippen molar-refractivity contribution >= 4 is 35.0 Å². The number of rotatable bonds is 6. The molecule has 1 saturated heterocycles. The van der Waals surface area contributed by atoms with Gasteiger partial charge in [0.1, 0.15) is 11.4 Å². The van der Waals surface area contributed by atoms with Gasteiger partial charge in [-0.2, -0.15) is 4.98 Å². The first-order valence-corrected chi connectivity index (χ1v) is 14.4. The molecule has 10 nitrogen and oxygen atoms in total. The highest BCUT2D eigenvalue weighted by atomic mass is 16.5. The van der Waals surface area contributed by atoms with Gasteiger partial charge >= 0.3 is 0 Å². The van der Waals surface area contributed by atoms with Crippen LogP contribution in [0.2, 0.25) is 0 Å². The number of piperidine rings is 1. The Bertz CT molecular complexity index is 1240. The summed E-state index contributed by atoms with van der Waals surface area (Å²) in [5.74, 6) is 1.85. The molecule has 6 rings (SSSR count). The van der Waals surface area contributed by atoms with E-state index in [4.69, 9.17) is 9.72 Å². The minimum atomic E-state index is -0.298. The molecule has 4 aliphatic rings. The highest BCUT2D eigenvalue weighted by molar-refractivity contribution is 6.03. The van der Waals surface area contributed by atoms with E-state index >= 15 is 0 Å². The highest BCUT2D eigenvalue weighted by Gasteiger charge is 2.55. The zero-order chi connectivity index (χ0) is 27.0. The molecular formula is C29H39N7O3. The molecule has 2 aromatic rings. The molecular weight excluding hydrogens is 494 g/mol. The van der Waals surface area contributed by atoms with Gasteiger partial charge in [0.25, 0.3) is 5.91 Å². The third kappa shape index (κ3) is 5.14. The Morgan fingerprint density at radius 1 is 1.15 bits per heavy atom. The molecule has 39 heavy (non-hydrogen) atoms. The number of carbonyl (C=O) groups excluding carboxylic acids is 2. The van der Waals surface area contributed by atoms with Crippen LogP contribution in [0.15, 0.2) is 24.4 Å². The van der Waals surface area contributed by atoms with E-state index in [0.29, 0.717) is 35.5 Å². The highest BCUT2D eigenvalue weighted by Crippen LogP contribution is 2.52. The molecule has 1 aromatic heterocycles. The Morgan fingerprint density at radius 3 is 2.69 bits per heavy atom. The van der Waals surface area contributed by atoms with Crippen molar-refractivity contribution in [2.45, 2.75) is 69.9 Å².